The van der Waals surface area contributed by atoms with Gasteiger partial charge in [-0.25, -0.2) is 9.97 Å². The molecule has 0 atom stereocenters. The number of hydrogen-bond acceptors (Lipinski definition) is 7. The molecule has 4 rings (SSSR count). The molecule has 29 heavy (non-hydrogen) atoms. The third-order valence-corrected chi connectivity index (χ3v) is 3.99. The molecule has 0 saturated heterocycles. The summed E-state index contributed by atoms with van der Waals surface area (Å²) < 4.78 is 40.0. The Bertz CT molecular complexity index is 1220. The molecule has 0 aliphatic heterocycles. The number of alkyl halides is 3. The average molecular weight is 401 g/mol. The molecule has 2 heterocycles. The van der Waals surface area contributed by atoms with Crippen LogP contribution in [0.1, 0.15) is 5.56 Å². The van der Waals surface area contributed by atoms with Gasteiger partial charge < -0.3 is 5.32 Å². The van der Waals surface area contributed by atoms with Crippen molar-refractivity contribution in [1.29, 1.82) is 0 Å². The van der Waals surface area contributed by atoms with Crippen LogP contribution < -0.4 is 5.32 Å². The van der Waals surface area contributed by atoms with E-state index in [9.17, 15) is 23.3 Å². The Labute approximate surface area is 160 Å². The van der Waals surface area contributed by atoms with Crippen molar-refractivity contribution in [2.75, 3.05) is 5.32 Å². The van der Waals surface area contributed by atoms with E-state index in [0.29, 0.717) is 11.0 Å². The van der Waals surface area contributed by atoms with Crippen molar-refractivity contribution >= 4 is 28.2 Å². The van der Waals surface area contributed by atoms with E-state index in [1.54, 1.807) is 24.3 Å². The Hall–Kier alpha value is -4.09. The number of nitro groups is 1. The quantitative estimate of drug-likeness (QED) is 0.408. The zero-order valence-electron chi connectivity index (χ0n) is 14.3. The van der Waals surface area contributed by atoms with E-state index in [1.165, 1.54) is 16.8 Å². The summed E-state index contributed by atoms with van der Waals surface area (Å²) in [6, 6.07) is 11.0. The standard InChI is InChI=1S/C17H10F3N7O2/c18-17(19,20)10-4-3-5-11(8-10)23-15-14(27(28)29)16(22-9-21-15)26-13-7-2-1-6-12(13)24-25-26/h1-9H,(H,21,22,23). The Morgan fingerprint density at radius 3 is 2.62 bits per heavy atom. The van der Waals surface area contributed by atoms with E-state index in [4.69, 9.17) is 0 Å². The summed E-state index contributed by atoms with van der Waals surface area (Å²) in [4.78, 5) is 18.8. The molecule has 146 valence electrons. The van der Waals surface area contributed by atoms with Crippen LogP contribution in [0, 0.1) is 10.1 Å². The van der Waals surface area contributed by atoms with Crippen LogP contribution in [-0.2, 0) is 6.18 Å². The highest BCUT2D eigenvalue weighted by Gasteiger charge is 2.31. The van der Waals surface area contributed by atoms with Crippen molar-refractivity contribution in [2.24, 2.45) is 0 Å². The molecule has 0 aliphatic carbocycles. The van der Waals surface area contributed by atoms with Crippen molar-refractivity contribution in [1.82, 2.24) is 25.0 Å². The van der Waals surface area contributed by atoms with Gasteiger partial charge in [0.25, 0.3) is 0 Å². The summed E-state index contributed by atoms with van der Waals surface area (Å²) in [7, 11) is 0. The maximum absolute atomic E-state index is 12.9. The molecule has 0 saturated carbocycles. The highest BCUT2D eigenvalue weighted by atomic mass is 19.4. The van der Waals surface area contributed by atoms with Crippen LogP contribution in [-0.4, -0.2) is 29.9 Å². The molecular formula is C17H10F3N7O2. The molecular weight excluding hydrogens is 391 g/mol. The van der Waals surface area contributed by atoms with Crippen LogP contribution in [0.2, 0.25) is 0 Å². The number of para-hydroxylation sites is 1. The second-order valence-electron chi connectivity index (χ2n) is 5.85. The molecule has 0 unspecified atom stereocenters. The molecule has 0 amide bonds. The lowest BCUT2D eigenvalue weighted by molar-refractivity contribution is -0.384. The number of fused-ring (bicyclic) bond motifs is 1. The predicted molar refractivity (Wildman–Crippen MR) is 95.8 cm³/mol. The summed E-state index contributed by atoms with van der Waals surface area (Å²) in [5.41, 5.74) is -0.509. The van der Waals surface area contributed by atoms with Gasteiger partial charge in [0.1, 0.15) is 11.8 Å². The highest BCUT2D eigenvalue weighted by molar-refractivity contribution is 5.78. The fourth-order valence-electron chi connectivity index (χ4n) is 2.72. The second kappa shape index (κ2) is 6.82. The van der Waals surface area contributed by atoms with E-state index in [-0.39, 0.29) is 17.3 Å². The summed E-state index contributed by atoms with van der Waals surface area (Å²) in [6.07, 6.45) is -3.51. The molecule has 9 nitrogen and oxygen atoms in total. The second-order valence-corrected chi connectivity index (χ2v) is 5.85. The lowest BCUT2D eigenvalue weighted by Crippen LogP contribution is -2.09. The zero-order valence-corrected chi connectivity index (χ0v) is 14.3. The largest absolute Gasteiger partial charge is 0.416 e. The number of nitrogens with zero attached hydrogens (tertiary/aromatic N) is 6. The maximum atomic E-state index is 12.9. The Morgan fingerprint density at radius 2 is 1.86 bits per heavy atom. The zero-order chi connectivity index (χ0) is 20.6. The van der Waals surface area contributed by atoms with Crippen LogP contribution in [0.4, 0.5) is 30.4 Å². The summed E-state index contributed by atoms with van der Waals surface area (Å²) in [5.74, 6) is -0.452. The van der Waals surface area contributed by atoms with Gasteiger partial charge in [0.05, 0.1) is 16.0 Å². The van der Waals surface area contributed by atoms with Crippen LogP contribution in [0.25, 0.3) is 16.9 Å². The van der Waals surface area contributed by atoms with Crippen LogP contribution >= 0.6 is 0 Å². The Morgan fingerprint density at radius 1 is 1.07 bits per heavy atom. The van der Waals surface area contributed by atoms with Gasteiger partial charge >= 0.3 is 11.9 Å². The van der Waals surface area contributed by atoms with Gasteiger partial charge in [0.2, 0.25) is 11.6 Å². The first kappa shape index (κ1) is 18.3. The number of anilines is 2. The van der Waals surface area contributed by atoms with Gasteiger partial charge in [0.15, 0.2) is 0 Å². The van der Waals surface area contributed by atoms with E-state index in [1.807, 2.05) is 0 Å². The predicted octanol–water partition coefficient (Wildman–Crippen LogP) is 3.88. The topological polar surface area (TPSA) is 112 Å². The molecule has 0 spiro atoms. The third kappa shape index (κ3) is 3.42. The number of nitrogens with one attached hydrogen (secondary N) is 1. The minimum Gasteiger partial charge on any atom is -0.334 e. The minimum atomic E-state index is -4.56. The highest BCUT2D eigenvalue weighted by Crippen LogP contribution is 2.34. The van der Waals surface area contributed by atoms with E-state index in [2.05, 4.69) is 25.6 Å². The Kier molecular flexibility index (Phi) is 4.30. The summed E-state index contributed by atoms with van der Waals surface area (Å²) in [6.45, 7) is 0. The molecule has 2 aromatic carbocycles. The summed E-state index contributed by atoms with van der Waals surface area (Å²) >= 11 is 0. The molecule has 0 bridgehead atoms. The monoisotopic (exact) mass is 401 g/mol. The molecule has 2 aromatic heterocycles. The molecule has 12 heteroatoms. The van der Waals surface area contributed by atoms with Crippen molar-refractivity contribution < 1.29 is 18.1 Å². The van der Waals surface area contributed by atoms with Gasteiger partial charge in [-0.3, -0.25) is 10.1 Å². The minimum absolute atomic E-state index is 0.0176. The number of halogens is 3. The lowest BCUT2D eigenvalue weighted by Gasteiger charge is -2.11. The Balaban J connectivity index is 1.82. The molecule has 0 aliphatic rings. The molecule has 1 N–H and O–H groups in total. The van der Waals surface area contributed by atoms with Gasteiger partial charge in [-0.05, 0) is 30.3 Å². The number of rotatable bonds is 4. The van der Waals surface area contributed by atoms with Crippen molar-refractivity contribution in [3.05, 3.63) is 70.5 Å². The fourth-order valence-corrected chi connectivity index (χ4v) is 2.72. The number of aromatic nitrogens is 5. The lowest BCUT2D eigenvalue weighted by atomic mass is 10.2. The molecule has 0 radical (unpaired) electrons. The van der Waals surface area contributed by atoms with Gasteiger partial charge in [0, 0.05) is 5.69 Å². The third-order valence-electron chi connectivity index (χ3n) is 3.99. The van der Waals surface area contributed by atoms with Crippen LogP contribution in [0.3, 0.4) is 0 Å². The van der Waals surface area contributed by atoms with Crippen molar-refractivity contribution in [3.63, 3.8) is 0 Å². The maximum Gasteiger partial charge on any atom is 0.416 e. The van der Waals surface area contributed by atoms with Gasteiger partial charge in [-0.1, -0.05) is 23.4 Å². The van der Waals surface area contributed by atoms with Gasteiger partial charge in [-0.15, -0.1) is 5.10 Å². The van der Waals surface area contributed by atoms with Crippen LogP contribution in [0.5, 0.6) is 0 Å². The number of hydrogen-bond donors (Lipinski definition) is 1. The van der Waals surface area contributed by atoms with Crippen LogP contribution in [0.15, 0.2) is 54.9 Å². The summed E-state index contributed by atoms with van der Waals surface area (Å²) in [5, 5.41) is 22.1. The first-order valence-corrected chi connectivity index (χ1v) is 8.09. The van der Waals surface area contributed by atoms with Crippen molar-refractivity contribution in [2.45, 2.75) is 6.18 Å². The average Bonchev–Trinajstić information content (AvgIpc) is 3.11. The first-order valence-electron chi connectivity index (χ1n) is 8.09. The molecule has 4 aromatic rings. The smallest absolute Gasteiger partial charge is 0.334 e. The SMILES string of the molecule is O=[N+]([O-])c1c(Nc2cccc(C(F)(F)F)c2)ncnc1-n1nnc2ccccc21. The number of benzene rings is 2. The van der Waals surface area contributed by atoms with Crippen molar-refractivity contribution in [3.8, 4) is 5.82 Å². The van der Waals surface area contributed by atoms with E-state index < -0.39 is 22.4 Å². The van der Waals surface area contributed by atoms with Gasteiger partial charge in [-0.2, -0.15) is 17.9 Å². The normalized spacial score (nSPS) is 11.6. The van der Waals surface area contributed by atoms with E-state index in [0.717, 1.165) is 18.5 Å². The molecule has 0 fully saturated rings. The van der Waals surface area contributed by atoms with E-state index >= 15 is 0 Å². The first-order chi connectivity index (χ1) is 13.8. The fraction of sp³-hybridized carbons (Fsp3) is 0.0588.